The molecule has 3 nitrogen and oxygen atoms in total. The fourth-order valence-electron chi connectivity index (χ4n) is 2.62. The molecule has 19 heavy (non-hydrogen) atoms. The monoisotopic (exact) mass is 281 g/mol. The van der Waals surface area contributed by atoms with Gasteiger partial charge in [0.25, 0.3) is 0 Å². The van der Waals surface area contributed by atoms with Crippen LogP contribution < -0.4 is 4.74 Å². The lowest BCUT2D eigenvalue weighted by atomic mass is 10.0. The van der Waals surface area contributed by atoms with Gasteiger partial charge in [0.2, 0.25) is 5.91 Å². The summed E-state index contributed by atoms with van der Waals surface area (Å²) in [5.41, 5.74) is 1.16. The molecule has 1 amide bonds. The minimum absolute atomic E-state index is 0.193. The zero-order valence-corrected chi connectivity index (χ0v) is 12.0. The van der Waals surface area contributed by atoms with E-state index in [0.29, 0.717) is 12.3 Å². The van der Waals surface area contributed by atoms with Gasteiger partial charge in [-0.3, -0.25) is 4.79 Å². The Bertz CT molecular complexity index is 436. The third kappa shape index (κ3) is 3.41. The Kier molecular flexibility index (Phi) is 5.08. The number of hydrogen-bond donors (Lipinski definition) is 0. The highest BCUT2D eigenvalue weighted by Crippen LogP contribution is 2.33. The van der Waals surface area contributed by atoms with E-state index in [1.807, 2.05) is 23.1 Å². The predicted octanol–water partition coefficient (Wildman–Crippen LogP) is 3.38. The number of amides is 1. The van der Waals surface area contributed by atoms with Crippen LogP contribution >= 0.6 is 11.6 Å². The van der Waals surface area contributed by atoms with Crippen molar-refractivity contribution in [3.05, 3.63) is 29.8 Å². The Morgan fingerprint density at radius 1 is 1.53 bits per heavy atom. The molecule has 1 aliphatic rings. The van der Waals surface area contributed by atoms with Gasteiger partial charge >= 0.3 is 0 Å². The van der Waals surface area contributed by atoms with Crippen LogP contribution in [0, 0.1) is 0 Å². The normalized spacial score (nSPS) is 18.6. The second-order valence-corrected chi connectivity index (χ2v) is 5.19. The zero-order valence-electron chi connectivity index (χ0n) is 11.3. The number of alkyl halides is 1. The second-order valence-electron chi connectivity index (χ2n) is 4.81. The van der Waals surface area contributed by atoms with E-state index in [2.05, 4.69) is 6.07 Å². The first kappa shape index (κ1) is 14.2. The molecule has 0 saturated carbocycles. The molecular formula is C15H20ClNO2. The molecule has 0 aromatic heterocycles. The molecule has 0 radical (unpaired) electrons. The number of carbonyl (C=O) groups excluding carboxylic acids is 1. The number of nitrogens with zero attached hydrogens (tertiary/aromatic N) is 1. The highest BCUT2D eigenvalue weighted by atomic mass is 35.5. The van der Waals surface area contributed by atoms with Gasteiger partial charge in [0, 0.05) is 18.8 Å². The van der Waals surface area contributed by atoms with Crippen molar-refractivity contribution in [2.45, 2.75) is 31.7 Å². The van der Waals surface area contributed by atoms with E-state index in [4.69, 9.17) is 16.3 Å². The first-order valence-electron chi connectivity index (χ1n) is 6.75. The lowest BCUT2D eigenvalue weighted by molar-refractivity contribution is -0.132. The molecule has 1 atom stereocenters. The molecule has 0 spiro atoms. The lowest BCUT2D eigenvalue weighted by Crippen LogP contribution is -2.30. The Morgan fingerprint density at radius 3 is 3.11 bits per heavy atom. The number of rotatable bonds is 5. The molecule has 0 bridgehead atoms. The van der Waals surface area contributed by atoms with Gasteiger partial charge < -0.3 is 9.64 Å². The Balaban J connectivity index is 2.11. The number of carbonyl (C=O) groups is 1. The molecular weight excluding hydrogens is 262 g/mol. The molecule has 1 saturated heterocycles. The maximum Gasteiger partial charge on any atom is 0.223 e. The van der Waals surface area contributed by atoms with E-state index in [9.17, 15) is 4.79 Å². The van der Waals surface area contributed by atoms with E-state index >= 15 is 0 Å². The van der Waals surface area contributed by atoms with Crippen molar-refractivity contribution in [1.29, 1.82) is 0 Å². The van der Waals surface area contributed by atoms with Gasteiger partial charge in [0.15, 0.2) is 0 Å². The molecule has 1 heterocycles. The van der Waals surface area contributed by atoms with Crippen molar-refractivity contribution in [3.63, 3.8) is 0 Å². The van der Waals surface area contributed by atoms with E-state index in [-0.39, 0.29) is 11.9 Å². The average molecular weight is 282 g/mol. The van der Waals surface area contributed by atoms with Gasteiger partial charge in [-0.2, -0.15) is 0 Å². The predicted molar refractivity (Wildman–Crippen MR) is 76.6 cm³/mol. The van der Waals surface area contributed by atoms with Crippen LogP contribution in [0.2, 0.25) is 0 Å². The highest BCUT2D eigenvalue weighted by molar-refractivity contribution is 6.17. The average Bonchev–Trinajstić information content (AvgIpc) is 2.94. The molecule has 1 fully saturated rings. The van der Waals surface area contributed by atoms with Crippen LogP contribution in [0.25, 0.3) is 0 Å². The second kappa shape index (κ2) is 6.80. The minimum atomic E-state index is 0.193. The summed E-state index contributed by atoms with van der Waals surface area (Å²) in [4.78, 5) is 14.2. The number of methoxy groups -OCH3 is 1. The first-order valence-corrected chi connectivity index (χ1v) is 7.29. The lowest BCUT2D eigenvalue weighted by Gasteiger charge is -2.25. The molecule has 0 N–H and O–H groups in total. The third-order valence-electron chi connectivity index (χ3n) is 3.58. The van der Waals surface area contributed by atoms with Crippen molar-refractivity contribution in [2.75, 3.05) is 19.5 Å². The van der Waals surface area contributed by atoms with Crippen molar-refractivity contribution < 1.29 is 9.53 Å². The topological polar surface area (TPSA) is 29.5 Å². The number of halogens is 1. The quantitative estimate of drug-likeness (QED) is 0.775. The van der Waals surface area contributed by atoms with Gasteiger partial charge in [0.1, 0.15) is 5.75 Å². The maximum atomic E-state index is 12.2. The summed E-state index contributed by atoms with van der Waals surface area (Å²) in [5, 5.41) is 0. The zero-order chi connectivity index (χ0) is 13.7. The molecule has 0 aliphatic carbocycles. The van der Waals surface area contributed by atoms with Crippen molar-refractivity contribution in [2.24, 2.45) is 0 Å². The van der Waals surface area contributed by atoms with Crippen LogP contribution in [-0.2, 0) is 4.79 Å². The number of likely N-dealkylation sites (tertiary alicyclic amines) is 1. The van der Waals surface area contributed by atoms with Crippen LogP contribution in [0.1, 0.15) is 37.3 Å². The Morgan fingerprint density at radius 2 is 2.37 bits per heavy atom. The van der Waals surface area contributed by atoms with E-state index < -0.39 is 0 Å². The summed E-state index contributed by atoms with van der Waals surface area (Å²) in [7, 11) is 1.66. The highest BCUT2D eigenvalue weighted by Gasteiger charge is 2.29. The summed E-state index contributed by atoms with van der Waals surface area (Å²) in [5.74, 6) is 1.60. The van der Waals surface area contributed by atoms with E-state index in [0.717, 1.165) is 37.1 Å². The van der Waals surface area contributed by atoms with E-state index in [1.54, 1.807) is 7.11 Å². The molecule has 1 unspecified atom stereocenters. The molecule has 2 rings (SSSR count). The van der Waals surface area contributed by atoms with E-state index in [1.165, 1.54) is 0 Å². The van der Waals surface area contributed by atoms with Crippen molar-refractivity contribution in [1.82, 2.24) is 4.90 Å². The van der Waals surface area contributed by atoms with Gasteiger partial charge in [-0.05, 0) is 37.0 Å². The van der Waals surface area contributed by atoms with Crippen LogP contribution in [0.3, 0.4) is 0 Å². The smallest absolute Gasteiger partial charge is 0.223 e. The van der Waals surface area contributed by atoms with Crippen LogP contribution in [-0.4, -0.2) is 30.3 Å². The summed E-state index contributed by atoms with van der Waals surface area (Å²) >= 11 is 5.66. The third-order valence-corrected chi connectivity index (χ3v) is 3.84. The standard InChI is InChI=1S/C15H20ClNO2/c1-19-13-6-2-5-12(11-13)14-7-4-10-17(14)15(18)8-3-9-16/h2,5-6,11,14H,3-4,7-10H2,1H3. The van der Waals surface area contributed by atoms with Gasteiger partial charge in [-0.25, -0.2) is 0 Å². The Hall–Kier alpha value is -1.22. The minimum Gasteiger partial charge on any atom is -0.497 e. The Labute approximate surface area is 119 Å². The molecule has 1 aliphatic heterocycles. The number of ether oxygens (including phenoxy) is 1. The fraction of sp³-hybridized carbons (Fsp3) is 0.533. The van der Waals surface area contributed by atoms with Crippen molar-refractivity contribution in [3.8, 4) is 5.75 Å². The largest absolute Gasteiger partial charge is 0.497 e. The van der Waals surface area contributed by atoms with Crippen LogP contribution in [0.15, 0.2) is 24.3 Å². The molecule has 1 aromatic rings. The SMILES string of the molecule is COc1cccc(C2CCCN2C(=O)CCCCl)c1. The van der Waals surface area contributed by atoms with Gasteiger partial charge in [0.05, 0.1) is 13.2 Å². The number of benzene rings is 1. The summed E-state index contributed by atoms with van der Waals surface area (Å²) in [6.45, 7) is 0.850. The van der Waals surface area contributed by atoms with Crippen LogP contribution in [0.4, 0.5) is 0 Å². The fourth-order valence-corrected chi connectivity index (χ4v) is 2.76. The maximum absolute atomic E-state index is 12.2. The van der Waals surface area contributed by atoms with Gasteiger partial charge in [-0.15, -0.1) is 11.6 Å². The summed E-state index contributed by atoms with van der Waals surface area (Å²) in [6, 6.07) is 8.20. The number of hydrogen-bond acceptors (Lipinski definition) is 2. The van der Waals surface area contributed by atoms with Gasteiger partial charge in [-0.1, -0.05) is 12.1 Å². The first-order chi connectivity index (χ1) is 9.26. The molecule has 104 valence electrons. The molecule has 4 heteroatoms. The molecule has 1 aromatic carbocycles. The van der Waals surface area contributed by atoms with Crippen LogP contribution in [0.5, 0.6) is 5.75 Å². The summed E-state index contributed by atoms with van der Waals surface area (Å²) in [6.07, 6.45) is 3.39. The summed E-state index contributed by atoms with van der Waals surface area (Å²) < 4.78 is 5.25. The van der Waals surface area contributed by atoms with Crippen molar-refractivity contribution >= 4 is 17.5 Å².